The summed E-state index contributed by atoms with van der Waals surface area (Å²) in [5, 5.41) is 3.92. The van der Waals surface area contributed by atoms with E-state index in [0.717, 1.165) is 0 Å². The van der Waals surface area contributed by atoms with Gasteiger partial charge in [-0.25, -0.2) is 9.59 Å². The lowest BCUT2D eigenvalue weighted by atomic mass is 10.2. The van der Waals surface area contributed by atoms with Gasteiger partial charge in [0.25, 0.3) is 0 Å². The maximum absolute atomic E-state index is 11.7. The first kappa shape index (κ1) is 14.2. The van der Waals surface area contributed by atoms with Gasteiger partial charge < -0.3 is 9.47 Å². The number of hydrogen-bond acceptors (Lipinski definition) is 5. The second-order valence-corrected chi connectivity index (χ2v) is 4.93. The number of aromatic nitrogens is 2. The Morgan fingerprint density at radius 1 is 1.39 bits per heavy atom. The van der Waals surface area contributed by atoms with Crippen molar-refractivity contribution in [3.63, 3.8) is 0 Å². The smallest absolute Gasteiger partial charge is 0.344 e. The molecule has 0 N–H and O–H groups in total. The van der Waals surface area contributed by atoms with Gasteiger partial charge in [0.15, 0.2) is 6.61 Å². The summed E-state index contributed by atoms with van der Waals surface area (Å²) in [5.74, 6) is -1.15. The van der Waals surface area contributed by atoms with Crippen LogP contribution in [0.5, 0.6) is 0 Å². The van der Waals surface area contributed by atoms with Gasteiger partial charge in [0.05, 0.1) is 6.20 Å². The van der Waals surface area contributed by atoms with Gasteiger partial charge in [-0.1, -0.05) is 0 Å². The molecule has 0 amide bonds. The Kier molecular flexibility index (Phi) is 4.11. The minimum Gasteiger partial charge on any atom is -0.457 e. The molecule has 0 aliphatic rings. The second-order valence-electron chi connectivity index (χ2n) is 4.93. The molecule has 0 unspecified atom stereocenters. The van der Waals surface area contributed by atoms with Gasteiger partial charge >= 0.3 is 11.9 Å². The van der Waals surface area contributed by atoms with Gasteiger partial charge in [-0.2, -0.15) is 5.10 Å². The van der Waals surface area contributed by atoms with Crippen LogP contribution in [0.2, 0.25) is 0 Å². The fraction of sp³-hybridized carbons (Fsp3) is 0.583. The molecule has 0 bridgehead atoms. The molecule has 0 atom stereocenters. The Balaban J connectivity index is 2.52. The van der Waals surface area contributed by atoms with Crippen LogP contribution < -0.4 is 0 Å². The van der Waals surface area contributed by atoms with Crippen LogP contribution >= 0.6 is 0 Å². The second kappa shape index (κ2) is 5.20. The van der Waals surface area contributed by atoms with Crippen molar-refractivity contribution in [2.24, 2.45) is 7.05 Å². The molecule has 0 fully saturated rings. The monoisotopic (exact) mass is 254 g/mol. The third kappa shape index (κ3) is 3.87. The van der Waals surface area contributed by atoms with Crippen LogP contribution in [0.15, 0.2) is 6.20 Å². The topological polar surface area (TPSA) is 70.4 Å². The molecule has 18 heavy (non-hydrogen) atoms. The predicted molar refractivity (Wildman–Crippen MR) is 64.1 cm³/mol. The molecule has 1 aromatic rings. The van der Waals surface area contributed by atoms with E-state index in [2.05, 4.69) is 5.10 Å². The Morgan fingerprint density at radius 3 is 2.44 bits per heavy atom. The molecular weight excluding hydrogens is 236 g/mol. The maximum atomic E-state index is 11.7. The lowest BCUT2D eigenvalue weighted by molar-refractivity contribution is -0.158. The van der Waals surface area contributed by atoms with Crippen LogP contribution in [0, 0.1) is 6.92 Å². The maximum Gasteiger partial charge on any atom is 0.344 e. The number of carbonyl (C=O) groups excluding carboxylic acids is 2. The quantitative estimate of drug-likeness (QED) is 0.759. The SMILES string of the molecule is Cc1c(C(=O)OCC(=O)OC(C)(C)C)cnn1C. The van der Waals surface area contributed by atoms with E-state index in [0.29, 0.717) is 11.3 Å². The molecule has 0 saturated heterocycles. The first-order chi connectivity index (χ1) is 8.20. The van der Waals surface area contributed by atoms with E-state index in [-0.39, 0.29) is 0 Å². The molecule has 0 aliphatic carbocycles. The zero-order chi connectivity index (χ0) is 13.9. The summed E-state index contributed by atoms with van der Waals surface area (Å²) >= 11 is 0. The number of ether oxygens (including phenoxy) is 2. The highest BCUT2D eigenvalue weighted by atomic mass is 16.6. The lowest BCUT2D eigenvalue weighted by Crippen LogP contribution is -2.27. The summed E-state index contributed by atoms with van der Waals surface area (Å²) in [7, 11) is 1.72. The molecular formula is C12H18N2O4. The largest absolute Gasteiger partial charge is 0.457 e. The van der Waals surface area contributed by atoms with Crippen molar-refractivity contribution >= 4 is 11.9 Å². The zero-order valence-electron chi connectivity index (χ0n) is 11.3. The summed E-state index contributed by atoms with van der Waals surface area (Å²) in [6.07, 6.45) is 1.41. The minimum atomic E-state index is -0.590. The molecule has 1 rings (SSSR count). The van der Waals surface area contributed by atoms with Gasteiger partial charge in [-0.05, 0) is 27.7 Å². The summed E-state index contributed by atoms with van der Waals surface area (Å²) in [4.78, 5) is 23.0. The molecule has 0 spiro atoms. The van der Waals surface area contributed by atoms with E-state index in [1.54, 1.807) is 39.4 Å². The molecule has 100 valence electrons. The average molecular weight is 254 g/mol. The minimum absolute atomic E-state index is 0.348. The fourth-order valence-electron chi connectivity index (χ4n) is 1.27. The van der Waals surface area contributed by atoms with E-state index in [9.17, 15) is 9.59 Å². The van der Waals surface area contributed by atoms with Gasteiger partial charge in [0.1, 0.15) is 11.2 Å². The van der Waals surface area contributed by atoms with Gasteiger partial charge in [0.2, 0.25) is 0 Å². The van der Waals surface area contributed by atoms with Crippen LogP contribution in [0.4, 0.5) is 0 Å². The van der Waals surface area contributed by atoms with Crippen molar-refractivity contribution in [1.29, 1.82) is 0 Å². The molecule has 6 heteroatoms. The van der Waals surface area contributed by atoms with E-state index >= 15 is 0 Å². The number of hydrogen-bond donors (Lipinski definition) is 0. The third-order valence-corrected chi connectivity index (χ3v) is 2.20. The molecule has 1 heterocycles. The molecule has 0 aliphatic heterocycles. The Bertz CT molecular complexity index is 457. The number of carbonyl (C=O) groups is 2. The average Bonchev–Trinajstić information content (AvgIpc) is 2.54. The van der Waals surface area contributed by atoms with Gasteiger partial charge in [0, 0.05) is 12.7 Å². The van der Waals surface area contributed by atoms with Crippen molar-refractivity contribution in [2.45, 2.75) is 33.3 Å². The van der Waals surface area contributed by atoms with E-state index in [4.69, 9.17) is 9.47 Å². The Morgan fingerprint density at radius 2 is 2.00 bits per heavy atom. The third-order valence-electron chi connectivity index (χ3n) is 2.20. The van der Waals surface area contributed by atoms with Crippen molar-refractivity contribution in [1.82, 2.24) is 9.78 Å². The molecule has 6 nitrogen and oxygen atoms in total. The molecule has 0 radical (unpaired) electrons. The normalized spacial score (nSPS) is 11.2. The molecule has 1 aromatic heterocycles. The standard InChI is InChI=1S/C12H18N2O4/c1-8-9(6-13-14(8)5)11(16)17-7-10(15)18-12(2,3)4/h6H,7H2,1-5H3. The summed E-state index contributed by atoms with van der Waals surface area (Å²) < 4.78 is 11.4. The van der Waals surface area contributed by atoms with Gasteiger partial charge in [-0.15, -0.1) is 0 Å². The van der Waals surface area contributed by atoms with Crippen LogP contribution in [0.3, 0.4) is 0 Å². The highest BCUT2D eigenvalue weighted by Crippen LogP contribution is 2.09. The van der Waals surface area contributed by atoms with Crippen molar-refractivity contribution in [3.8, 4) is 0 Å². The van der Waals surface area contributed by atoms with E-state index in [1.165, 1.54) is 6.20 Å². The summed E-state index contributed by atoms with van der Waals surface area (Å²) in [6.45, 7) is 6.59. The van der Waals surface area contributed by atoms with Crippen LogP contribution in [0.25, 0.3) is 0 Å². The highest BCUT2D eigenvalue weighted by Gasteiger charge is 2.19. The number of nitrogens with zero attached hydrogens (tertiary/aromatic N) is 2. The Hall–Kier alpha value is -1.85. The van der Waals surface area contributed by atoms with E-state index in [1.807, 2.05) is 0 Å². The molecule has 0 aromatic carbocycles. The van der Waals surface area contributed by atoms with Crippen molar-refractivity contribution in [2.75, 3.05) is 6.61 Å². The predicted octanol–water partition coefficient (Wildman–Crippen LogP) is 1.23. The number of esters is 2. The van der Waals surface area contributed by atoms with Crippen molar-refractivity contribution in [3.05, 3.63) is 17.5 Å². The number of aryl methyl sites for hydroxylation is 1. The van der Waals surface area contributed by atoms with Crippen molar-refractivity contribution < 1.29 is 19.1 Å². The lowest BCUT2D eigenvalue weighted by Gasteiger charge is -2.19. The van der Waals surface area contributed by atoms with Gasteiger partial charge in [-0.3, -0.25) is 4.68 Å². The van der Waals surface area contributed by atoms with Crippen LogP contribution in [-0.4, -0.2) is 33.9 Å². The van der Waals surface area contributed by atoms with Crippen LogP contribution in [-0.2, 0) is 21.3 Å². The first-order valence-corrected chi connectivity index (χ1v) is 5.58. The highest BCUT2D eigenvalue weighted by molar-refractivity contribution is 5.91. The molecule has 0 saturated carbocycles. The van der Waals surface area contributed by atoms with Crippen LogP contribution in [0.1, 0.15) is 36.8 Å². The van der Waals surface area contributed by atoms with E-state index < -0.39 is 24.1 Å². The summed E-state index contributed by atoms with van der Waals surface area (Å²) in [5.41, 5.74) is 0.443. The first-order valence-electron chi connectivity index (χ1n) is 5.58. The summed E-state index contributed by atoms with van der Waals surface area (Å²) in [6, 6.07) is 0. The Labute approximate surface area is 106 Å². The zero-order valence-corrected chi connectivity index (χ0v) is 11.3. The number of rotatable bonds is 3. The fourth-order valence-corrected chi connectivity index (χ4v) is 1.27.